The van der Waals surface area contributed by atoms with Gasteiger partial charge in [-0.25, -0.2) is 0 Å². The van der Waals surface area contributed by atoms with Gasteiger partial charge in [0.25, 0.3) is 0 Å². The minimum absolute atomic E-state index is 0.0125. The quantitative estimate of drug-likeness (QED) is 0.381. The summed E-state index contributed by atoms with van der Waals surface area (Å²) in [4.78, 5) is 11.7. The Balaban J connectivity index is 4.73. The number of hydrogen-bond donors (Lipinski definition) is 1. The van der Waals surface area contributed by atoms with Crippen molar-refractivity contribution < 1.29 is 19.4 Å². The van der Waals surface area contributed by atoms with Gasteiger partial charge in [0.15, 0.2) is 6.79 Å². The largest absolute Gasteiger partial charge is 0.472 e. The Bertz CT molecular complexity index is 403. The van der Waals surface area contributed by atoms with Crippen LogP contribution in [-0.4, -0.2) is 30.9 Å². The second-order valence-corrected chi connectivity index (χ2v) is 5.43. The number of carbonyl (C=O) groups excluding carboxylic acids is 1. The van der Waals surface area contributed by atoms with Gasteiger partial charge in [0, 0.05) is 7.11 Å². The molecule has 2 atom stereocenters. The molecule has 0 saturated heterocycles. The normalized spacial score (nSPS) is 14.3. The van der Waals surface area contributed by atoms with Gasteiger partial charge in [-0.05, 0) is 40.5 Å². The van der Waals surface area contributed by atoms with Gasteiger partial charge in [-0.1, -0.05) is 29.9 Å². The van der Waals surface area contributed by atoms with Gasteiger partial charge < -0.3 is 14.6 Å². The Kier molecular flexibility index (Phi) is 9.67. The van der Waals surface area contributed by atoms with Crippen molar-refractivity contribution in [1.82, 2.24) is 0 Å². The molecule has 120 valence electrons. The summed E-state index contributed by atoms with van der Waals surface area (Å²) in [6.07, 6.45) is 4.68. The van der Waals surface area contributed by atoms with E-state index < -0.39 is 12.0 Å². The molecule has 0 spiro atoms. The predicted molar refractivity (Wildman–Crippen MR) is 84.7 cm³/mol. The molecule has 0 aromatic rings. The first-order chi connectivity index (χ1) is 9.79. The number of hydrogen-bond acceptors (Lipinski definition) is 4. The molecule has 0 aliphatic carbocycles. The Labute approximate surface area is 128 Å². The summed E-state index contributed by atoms with van der Waals surface area (Å²) in [7, 11) is 1.49. The number of allylic oxidation sites excluding steroid dienone is 3. The van der Waals surface area contributed by atoms with Gasteiger partial charge in [-0.3, -0.25) is 4.79 Å². The Morgan fingerprint density at radius 2 is 1.90 bits per heavy atom. The van der Waals surface area contributed by atoms with E-state index >= 15 is 0 Å². The number of rotatable bonds is 10. The zero-order valence-corrected chi connectivity index (χ0v) is 13.8. The van der Waals surface area contributed by atoms with Gasteiger partial charge in [-0.2, -0.15) is 0 Å². The lowest BCUT2D eigenvalue weighted by atomic mass is 9.94. The minimum atomic E-state index is -0.932. The van der Waals surface area contributed by atoms with Crippen molar-refractivity contribution >= 4 is 5.78 Å². The van der Waals surface area contributed by atoms with Gasteiger partial charge in [0.05, 0.1) is 6.10 Å². The van der Waals surface area contributed by atoms with Crippen molar-refractivity contribution in [3.8, 4) is 0 Å². The lowest BCUT2D eigenvalue weighted by molar-refractivity contribution is -0.124. The van der Waals surface area contributed by atoms with E-state index in [1.165, 1.54) is 19.6 Å². The summed E-state index contributed by atoms with van der Waals surface area (Å²) in [5, 5.41) is 10.2. The molecular formula is C17H28O4. The van der Waals surface area contributed by atoms with E-state index in [1.54, 1.807) is 6.08 Å². The van der Waals surface area contributed by atoms with E-state index in [1.807, 2.05) is 6.92 Å². The van der Waals surface area contributed by atoms with Crippen LogP contribution in [0.3, 0.4) is 0 Å². The van der Waals surface area contributed by atoms with Gasteiger partial charge in [-0.15, -0.1) is 0 Å². The molecule has 0 saturated carbocycles. The first kappa shape index (κ1) is 19.6. The van der Waals surface area contributed by atoms with E-state index in [0.717, 1.165) is 18.4 Å². The molecule has 0 aliphatic heterocycles. The summed E-state index contributed by atoms with van der Waals surface area (Å²) in [6.45, 7) is 11.2. The second-order valence-electron chi connectivity index (χ2n) is 5.43. The molecule has 4 heteroatoms. The third-order valence-electron chi connectivity index (χ3n) is 3.04. The zero-order chi connectivity index (χ0) is 16.4. The number of aliphatic hydroxyl groups excluding tert-OH is 1. The second kappa shape index (κ2) is 10.4. The van der Waals surface area contributed by atoms with Crippen molar-refractivity contribution in [3.05, 3.63) is 35.6 Å². The zero-order valence-electron chi connectivity index (χ0n) is 13.8. The van der Waals surface area contributed by atoms with Crippen molar-refractivity contribution in [2.45, 2.75) is 46.6 Å². The average Bonchev–Trinajstić information content (AvgIpc) is 2.35. The number of methoxy groups -OCH3 is 1. The molecule has 21 heavy (non-hydrogen) atoms. The van der Waals surface area contributed by atoms with E-state index in [9.17, 15) is 9.90 Å². The first-order valence-electron chi connectivity index (χ1n) is 7.09. The van der Waals surface area contributed by atoms with Crippen LogP contribution in [0.4, 0.5) is 0 Å². The Hall–Kier alpha value is -1.39. The van der Waals surface area contributed by atoms with Crippen LogP contribution in [-0.2, 0) is 14.3 Å². The van der Waals surface area contributed by atoms with Crippen LogP contribution in [0.15, 0.2) is 35.6 Å². The van der Waals surface area contributed by atoms with Crippen LogP contribution in [0, 0.1) is 5.92 Å². The van der Waals surface area contributed by atoms with E-state index in [0.29, 0.717) is 0 Å². The van der Waals surface area contributed by atoms with Gasteiger partial charge >= 0.3 is 0 Å². The van der Waals surface area contributed by atoms with E-state index in [2.05, 4.69) is 26.5 Å². The third kappa shape index (κ3) is 8.48. The minimum Gasteiger partial charge on any atom is -0.472 e. The maximum Gasteiger partial charge on any atom is 0.188 e. The van der Waals surface area contributed by atoms with Crippen LogP contribution in [0.1, 0.15) is 40.5 Å². The monoisotopic (exact) mass is 296 g/mol. The van der Waals surface area contributed by atoms with Crippen LogP contribution in [0.25, 0.3) is 0 Å². The molecule has 4 nitrogen and oxygen atoms in total. The molecule has 0 amide bonds. The number of carbonyl (C=O) groups is 1. The number of Topliss-reactive ketones (excluding diaryl/α,β-unsaturated/α-hetero) is 1. The van der Waals surface area contributed by atoms with Crippen LogP contribution < -0.4 is 0 Å². The summed E-state index contributed by atoms with van der Waals surface area (Å²) in [5.74, 6) is -0.722. The summed E-state index contributed by atoms with van der Waals surface area (Å²) >= 11 is 0. The molecule has 0 aromatic carbocycles. The maximum atomic E-state index is 11.7. The van der Waals surface area contributed by atoms with Crippen LogP contribution >= 0.6 is 0 Å². The smallest absolute Gasteiger partial charge is 0.188 e. The molecule has 1 unspecified atom stereocenters. The highest BCUT2D eigenvalue weighted by atomic mass is 16.7. The molecule has 0 radical (unpaired) electrons. The molecule has 0 rings (SSSR count). The highest BCUT2D eigenvalue weighted by Crippen LogP contribution is 2.20. The fraction of sp³-hybridized carbons (Fsp3) is 0.588. The van der Waals surface area contributed by atoms with Crippen molar-refractivity contribution in [1.29, 1.82) is 0 Å². The standard InChI is InChI=1S/C17H28O4/c1-12(2)8-7-9-13(3)10-16(19)17(14(4)18)15(5)21-11-20-6/h8,10,16-17,19H,5,7,9,11H2,1-4,6H3/b13-10-/t16-,17?/m0/s1. The Morgan fingerprint density at radius 1 is 1.29 bits per heavy atom. The number of ketones is 1. The topological polar surface area (TPSA) is 55.8 Å². The molecule has 0 aliphatic rings. The fourth-order valence-electron chi connectivity index (χ4n) is 1.94. The molecule has 0 fully saturated rings. The number of aliphatic hydroxyl groups is 1. The predicted octanol–water partition coefficient (Wildman–Crippen LogP) is 3.38. The number of ether oxygens (including phenoxy) is 2. The van der Waals surface area contributed by atoms with Crippen molar-refractivity contribution in [2.75, 3.05) is 13.9 Å². The van der Waals surface area contributed by atoms with Gasteiger partial charge in [0.1, 0.15) is 17.5 Å². The van der Waals surface area contributed by atoms with Crippen LogP contribution in [0.2, 0.25) is 0 Å². The molecule has 0 heterocycles. The SMILES string of the molecule is C=C(OCOC)C(C(C)=O)[C@@H](O)/C=C(/C)CCC=C(C)C. The Morgan fingerprint density at radius 3 is 2.38 bits per heavy atom. The molecule has 1 N–H and O–H groups in total. The van der Waals surface area contributed by atoms with Gasteiger partial charge in [0.2, 0.25) is 0 Å². The molecule has 0 aromatic heterocycles. The maximum absolute atomic E-state index is 11.7. The van der Waals surface area contributed by atoms with Crippen molar-refractivity contribution in [2.24, 2.45) is 5.92 Å². The highest BCUT2D eigenvalue weighted by Gasteiger charge is 2.26. The first-order valence-corrected chi connectivity index (χ1v) is 7.09. The lowest BCUT2D eigenvalue weighted by Crippen LogP contribution is -2.28. The third-order valence-corrected chi connectivity index (χ3v) is 3.04. The van der Waals surface area contributed by atoms with E-state index in [4.69, 9.17) is 9.47 Å². The summed E-state index contributed by atoms with van der Waals surface area (Å²) < 4.78 is 9.97. The summed E-state index contributed by atoms with van der Waals surface area (Å²) in [5.41, 5.74) is 2.30. The van der Waals surface area contributed by atoms with E-state index in [-0.39, 0.29) is 18.3 Å². The lowest BCUT2D eigenvalue weighted by Gasteiger charge is -2.21. The molecular weight excluding hydrogens is 268 g/mol. The van der Waals surface area contributed by atoms with Crippen LogP contribution in [0.5, 0.6) is 0 Å². The fourth-order valence-corrected chi connectivity index (χ4v) is 1.94. The summed E-state index contributed by atoms with van der Waals surface area (Å²) in [6, 6.07) is 0. The molecule has 0 bridgehead atoms. The highest BCUT2D eigenvalue weighted by molar-refractivity contribution is 5.81. The van der Waals surface area contributed by atoms with Crippen molar-refractivity contribution in [3.63, 3.8) is 0 Å². The average molecular weight is 296 g/mol.